The summed E-state index contributed by atoms with van der Waals surface area (Å²) in [5, 5.41) is 0. The van der Waals surface area contributed by atoms with Crippen LogP contribution in [0.1, 0.15) is 64.5 Å². The van der Waals surface area contributed by atoms with Gasteiger partial charge in [-0.3, -0.25) is 4.90 Å². The minimum absolute atomic E-state index is 0.0672. The lowest BCUT2D eigenvalue weighted by molar-refractivity contribution is -0.190. The van der Waals surface area contributed by atoms with Crippen LogP contribution in [-0.2, 0) is 19.1 Å². The number of hydrogen-bond acceptors (Lipinski definition) is 5. The maximum absolute atomic E-state index is 12.9. The van der Waals surface area contributed by atoms with Crippen molar-refractivity contribution in [2.75, 3.05) is 19.8 Å². The molecule has 0 radical (unpaired) electrons. The molecule has 0 N–H and O–H groups in total. The molecule has 1 atom stereocenters. The van der Waals surface area contributed by atoms with Crippen LogP contribution in [0.25, 0.3) is 0 Å². The summed E-state index contributed by atoms with van der Waals surface area (Å²) in [6.07, 6.45) is 3.90. The highest BCUT2D eigenvalue weighted by molar-refractivity contribution is 6.06. The first-order chi connectivity index (χ1) is 12.6. The SMILES string of the molecule is CCCCOC(=O)C1(C(=O)OCCCC)CCN1[C@H](C)c1ccccc1. The summed E-state index contributed by atoms with van der Waals surface area (Å²) in [7, 11) is 0. The third-order valence-electron chi connectivity index (χ3n) is 5.09. The van der Waals surface area contributed by atoms with Crippen LogP contribution in [0.2, 0.25) is 0 Å². The van der Waals surface area contributed by atoms with E-state index in [1.165, 1.54) is 0 Å². The molecule has 0 aromatic heterocycles. The molecular weight excluding hydrogens is 330 g/mol. The van der Waals surface area contributed by atoms with Crippen molar-refractivity contribution >= 4 is 11.9 Å². The number of benzene rings is 1. The number of likely N-dealkylation sites (tertiary alicyclic amines) is 1. The largest absolute Gasteiger partial charge is 0.464 e. The lowest BCUT2D eigenvalue weighted by Crippen LogP contribution is -2.70. The number of unbranched alkanes of at least 4 members (excludes halogenated alkanes) is 2. The molecular formula is C21H31NO4. The van der Waals surface area contributed by atoms with Crippen LogP contribution in [0.3, 0.4) is 0 Å². The van der Waals surface area contributed by atoms with Gasteiger partial charge in [-0.2, -0.15) is 0 Å². The van der Waals surface area contributed by atoms with Crippen molar-refractivity contribution < 1.29 is 19.1 Å². The van der Waals surface area contributed by atoms with E-state index in [0.717, 1.165) is 31.2 Å². The topological polar surface area (TPSA) is 55.8 Å². The van der Waals surface area contributed by atoms with Crippen LogP contribution >= 0.6 is 0 Å². The van der Waals surface area contributed by atoms with E-state index in [4.69, 9.17) is 9.47 Å². The number of nitrogens with zero attached hydrogens (tertiary/aromatic N) is 1. The molecule has 0 unspecified atom stereocenters. The maximum atomic E-state index is 12.9. The van der Waals surface area contributed by atoms with Gasteiger partial charge in [0.15, 0.2) is 0 Å². The van der Waals surface area contributed by atoms with E-state index >= 15 is 0 Å². The minimum atomic E-state index is -1.31. The highest BCUT2D eigenvalue weighted by Crippen LogP contribution is 2.40. The Kier molecular flexibility index (Phi) is 7.64. The van der Waals surface area contributed by atoms with Crippen LogP contribution in [0.5, 0.6) is 0 Å². The average Bonchev–Trinajstić information content (AvgIpc) is 2.62. The van der Waals surface area contributed by atoms with Crippen molar-refractivity contribution in [3.05, 3.63) is 35.9 Å². The summed E-state index contributed by atoms with van der Waals surface area (Å²) < 4.78 is 10.9. The fourth-order valence-electron chi connectivity index (χ4n) is 3.28. The van der Waals surface area contributed by atoms with Crippen LogP contribution in [0.4, 0.5) is 0 Å². The zero-order chi connectivity index (χ0) is 19.0. The molecule has 0 bridgehead atoms. The first kappa shape index (κ1) is 20.4. The molecule has 2 rings (SSSR count). The molecule has 5 nitrogen and oxygen atoms in total. The Morgan fingerprint density at radius 2 is 1.58 bits per heavy atom. The van der Waals surface area contributed by atoms with E-state index in [1.807, 2.05) is 56.0 Å². The van der Waals surface area contributed by atoms with Gasteiger partial charge in [0.05, 0.1) is 13.2 Å². The van der Waals surface area contributed by atoms with E-state index in [-0.39, 0.29) is 6.04 Å². The second-order valence-electron chi connectivity index (χ2n) is 6.87. The number of carbonyl (C=O) groups excluding carboxylic acids is 2. The molecule has 1 aliphatic heterocycles. The molecule has 144 valence electrons. The third-order valence-corrected chi connectivity index (χ3v) is 5.09. The van der Waals surface area contributed by atoms with Gasteiger partial charge in [0.2, 0.25) is 5.54 Å². The van der Waals surface area contributed by atoms with Gasteiger partial charge in [-0.1, -0.05) is 57.0 Å². The van der Waals surface area contributed by atoms with Gasteiger partial charge in [-0.15, -0.1) is 0 Å². The fraction of sp³-hybridized carbons (Fsp3) is 0.619. The quantitative estimate of drug-likeness (QED) is 0.360. The van der Waals surface area contributed by atoms with E-state index in [0.29, 0.717) is 26.2 Å². The smallest absolute Gasteiger partial charge is 0.338 e. The van der Waals surface area contributed by atoms with E-state index in [9.17, 15) is 9.59 Å². The average molecular weight is 361 g/mol. The number of hydrogen-bond donors (Lipinski definition) is 0. The molecule has 1 fully saturated rings. The molecule has 1 aromatic rings. The van der Waals surface area contributed by atoms with Crippen molar-refractivity contribution in [1.82, 2.24) is 4.90 Å². The normalized spacial score (nSPS) is 17.2. The molecule has 1 heterocycles. The van der Waals surface area contributed by atoms with Crippen molar-refractivity contribution in [3.63, 3.8) is 0 Å². The van der Waals surface area contributed by atoms with Crippen molar-refractivity contribution in [3.8, 4) is 0 Å². The first-order valence-corrected chi connectivity index (χ1v) is 9.74. The van der Waals surface area contributed by atoms with Gasteiger partial charge in [0.1, 0.15) is 0 Å². The van der Waals surface area contributed by atoms with E-state index in [1.54, 1.807) is 0 Å². The Morgan fingerprint density at radius 1 is 1.04 bits per heavy atom. The molecule has 0 spiro atoms. The highest BCUT2D eigenvalue weighted by Gasteiger charge is 2.61. The van der Waals surface area contributed by atoms with E-state index < -0.39 is 17.5 Å². The van der Waals surface area contributed by atoms with E-state index in [2.05, 4.69) is 0 Å². The molecule has 1 saturated heterocycles. The lowest BCUT2D eigenvalue weighted by Gasteiger charge is -2.51. The van der Waals surface area contributed by atoms with Gasteiger partial charge >= 0.3 is 11.9 Å². The van der Waals surface area contributed by atoms with Crippen molar-refractivity contribution in [1.29, 1.82) is 0 Å². The van der Waals surface area contributed by atoms with Gasteiger partial charge in [-0.05, 0) is 25.3 Å². The lowest BCUT2D eigenvalue weighted by atomic mass is 9.81. The summed E-state index contributed by atoms with van der Waals surface area (Å²) in [6, 6.07) is 9.84. The number of ether oxygens (including phenoxy) is 2. The summed E-state index contributed by atoms with van der Waals surface area (Å²) >= 11 is 0. The molecule has 1 aromatic carbocycles. The zero-order valence-corrected chi connectivity index (χ0v) is 16.2. The van der Waals surface area contributed by atoms with Crippen LogP contribution in [0, 0.1) is 0 Å². The molecule has 0 saturated carbocycles. The third kappa shape index (κ3) is 4.26. The maximum Gasteiger partial charge on any atom is 0.338 e. The van der Waals surface area contributed by atoms with Crippen LogP contribution in [-0.4, -0.2) is 42.1 Å². The van der Waals surface area contributed by atoms with Crippen LogP contribution in [0.15, 0.2) is 30.3 Å². The van der Waals surface area contributed by atoms with Gasteiger partial charge < -0.3 is 9.47 Å². The number of rotatable bonds is 10. The van der Waals surface area contributed by atoms with Crippen LogP contribution < -0.4 is 0 Å². The number of carbonyl (C=O) groups is 2. The second kappa shape index (κ2) is 9.72. The predicted molar refractivity (Wildman–Crippen MR) is 101 cm³/mol. The molecule has 1 aliphatic rings. The Hall–Kier alpha value is -1.88. The Labute approximate surface area is 156 Å². The molecule has 0 aliphatic carbocycles. The molecule has 0 amide bonds. The number of esters is 2. The first-order valence-electron chi connectivity index (χ1n) is 9.74. The fourth-order valence-corrected chi connectivity index (χ4v) is 3.28. The minimum Gasteiger partial charge on any atom is -0.464 e. The Balaban J connectivity index is 2.19. The summed E-state index contributed by atoms with van der Waals surface area (Å²) in [4.78, 5) is 27.7. The monoisotopic (exact) mass is 361 g/mol. The van der Waals surface area contributed by atoms with Gasteiger partial charge in [0.25, 0.3) is 0 Å². The zero-order valence-electron chi connectivity index (χ0n) is 16.2. The molecule has 5 heteroatoms. The summed E-state index contributed by atoms with van der Waals surface area (Å²) in [5.41, 5.74) is -0.240. The van der Waals surface area contributed by atoms with Crippen molar-refractivity contribution in [2.24, 2.45) is 0 Å². The standard InChI is InChI=1S/C21H31NO4/c1-4-6-15-25-19(23)21(20(24)26-16-7-5-2)13-14-22(21)17(3)18-11-9-8-10-12-18/h8-12,17H,4-7,13-16H2,1-3H3/t17-/m1/s1. The second-order valence-corrected chi connectivity index (χ2v) is 6.87. The Bertz CT molecular complexity index is 565. The summed E-state index contributed by atoms with van der Waals surface area (Å²) in [6.45, 7) is 7.44. The predicted octanol–water partition coefficient (Wildman–Crippen LogP) is 3.88. The van der Waals surface area contributed by atoms with Gasteiger partial charge in [0, 0.05) is 19.0 Å². The van der Waals surface area contributed by atoms with Crippen molar-refractivity contribution in [2.45, 2.75) is 64.5 Å². The molecule has 26 heavy (non-hydrogen) atoms. The Morgan fingerprint density at radius 3 is 2.00 bits per heavy atom. The van der Waals surface area contributed by atoms with Gasteiger partial charge in [-0.25, -0.2) is 9.59 Å². The summed E-state index contributed by atoms with van der Waals surface area (Å²) in [5.74, 6) is -0.942. The highest BCUT2D eigenvalue weighted by atomic mass is 16.6.